The molecule has 1 aromatic rings. The molecule has 4 atom stereocenters. The number of carbonyl (C=O) groups is 2. The van der Waals surface area contributed by atoms with E-state index in [1.165, 1.54) is 0 Å². The van der Waals surface area contributed by atoms with E-state index < -0.39 is 6.10 Å². The lowest BCUT2D eigenvalue weighted by molar-refractivity contribution is -0.136. The molecule has 0 aromatic heterocycles. The smallest absolute Gasteiger partial charge is 0.223 e. The van der Waals surface area contributed by atoms with Crippen molar-refractivity contribution < 1.29 is 19.4 Å². The average molecular weight is 360 g/mol. The third-order valence-corrected chi connectivity index (χ3v) is 5.16. The van der Waals surface area contributed by atoms with Gasteiger partial charge in [-0.2, -0.15) is 0 Å². The van der Waals surface area contributed by atoms with Crippen LogP contribution >= 0.6 is 0 Å². The minimum Gasteiger partial charge on any atom is -0.394 e. The average Bonchev–Trinajstić information content (AvgIpc) is 3.48. The molecule has 1 saturated heterocycles. The molecule has 0 bridgehead atoms. The molecule has 26 heavy (non-hydrogen) atoms. The standard InChI is InChI=1S/C20H28N2O4/c1-13(14-5-3-2-4-6-14)21-19(24)11-16-9-10-17(18(12-23)26-16)22-20(25)15-7-8-15/h2-6,13,15-18,23H,7-12H2,1H3,(H,21,24)(H,22,25)/t13-,16+,17-,18-/m1/s1. The summed E-state index contributed by atoms with van der Waals surface area (Å²) >= 11 is 0. The molecule has 0 spiro atoms. The van der Waals surface area contributed by atoms with Crippen LogP contribution in [0.25, 0.3) is 0 Å². The zero-order chi connectivity index (χ0) is 18.5. The molecule has 1 aliphatic heterocycles. The molecule has 142 valence electrons. The van der Waals surface area contributed by atoms with Gasteiger partial charge in [0.15, 0.2) is 0 Å². The maximum absolute atomic E-state index is 12.3. The van der Waals surface area contributed by atoms with Crippen LogP contribution in [-0.2, 0) is 14.3 Å². The monoisotopic (exact) mass is 360 g/mol. The van der Waals surface area contributed by atoms with E-state index in [1.54, 1.807) is 0 Å². The van der Waals surface area contributed by atoms with Crippen molar-refractivity contribution >= 4 is 11.8 Å². The van der Waals surface area contributed by atoms with Gasteiger partial charge >= 0.3 is 0 Å². The Balaban J connectivity index is 1.46. The first-order chi connectivity index (χ1) is 12.6. The molecule has 3 N–H and O–H groups in total. The van der Waals surface area contributed by atoms with Crippen LogP contribution < -0.4 is 10.6 Å². The van der Waals surface area contributed by atoms with Crippen molar-refractivity contribution in [3.8, 4) is 0 Å². The second kappa shape index (κ2) is 8.64. The van der Waals surface area contributed by atoms with Crippen LogP contribution in [0.1, 0.15) is 50.6 Å². The molecule has 6 heteroatoms. The number of carbonyl (C=O) groups excluding carboxylic acids is 2. The van der Waals surface area contributed by atoms with Crippen LogP contribution in [0.15, 0.2) is 30.3 Å². The fourth-order valence-corrected chi connectivity index (χ4v) is 3.43. The number of benzene rings is 1. The van der Waals surface area contributed by atoms with Gasteiger partial charge in [-0.05, 0) is 38.2 Å². The molecule has 1 heterocycles. The number of aliphatic hydroxyl groups excluding tert-OH is 1. The van der Waals surface area contributed by atoms with Gasteiger partial charge in [-0.25, -0.2) is 0 Å². The van der Waals surface area contributed by atoms with Crippen LogP contribution in [0.2, 0.25) is 0 Å². The summed E-state index contributed by atoms with van der Waals surface area (Å²) < 4.78 is 5.88. The molecule has 1 aliphatic carbocycles. The Labute approximate surface area is 154 Å². The number of ether oxygens (including phenoxy) is 1. The molecule has 6 nitrogen and oxygen atoms in total. The fraction of sp³-hybridized carbons (Fsp3) is 0.600. The summed E-state index contributed by atoms with van der Waals surface area (Å²) in [5.74, 6) is 0.130. The third-order valence-electron chi connectivity index (χ3n) is 5.16. The maximum atomic E-state index is 12.3. The zero-order valence-electron chi connectivity index (χ0n) is 15.2. The Hall–Kier alpha value is -1.92. The highest BCUT2D eigenvalue weighted by atomic mass is 16.5. The van der Waals surface area contributed by atoms with E-state index >= 15 is 0 Å². The molecule has 3 rings (SSSR count). The van der Waals surface area contributed by atoms with Gasteiger partial charge in [-0.1, -0.05) is 30.3 Å². The minimum atomic E-state index is -0.448. The van der Waals surface area contributed by atoms with E-state index in [9.17, 15) is 14.7 Å². The molecule has 2 amide bonds. The van der Waals surface area contributed by atoms with E-state index in [0.29, 0.717) is 6.42 Å². The van der Waals surface area contributed by atoms with Crippen LogP contribution in [-0.4, -0.2) is 41.8 Å². The van der Waals surface area contributed by atoms with Gasteiger partial charge in [0.05, 0.1) is 31.2 Å². The highest BCUT2D eigenvalue weighted by molar-refractivity contribution is 5.81. The SMILES string of the molecule is C[C@@H](NC(=O)C[C@@H]1CC[C@@H](NC(=O)C2CC2)[C@@H](CO)O1)c1ccccc1. The van der Waals surface area contributed by atoms with Crippen molar-refractivity contribution in [3.05, 3.63) is 35.9 Å². The Morgan fingerprint density at radius 3 is 2.58 bits per heavy atom. The molecule has 0 radical (unpaired) electrons. The number of aliphatic hydroxyl groups is 1. The van der Waals surface area contributed by atoms with Crippen LogP contribution in [0, 0.1) is 5.92 Å². The lowest BCUT2D eigenvalue weighted by atomic mass is 9.96. The summed E-state index contributed by atoms with van der Waals surface area (Å²) in [7, 11) is 0. The Morgan fingerprint density at radius 2 is 1.92 bits per heavy atom. The summed E-state index contributed by atoms with van der Waals surface area (Å²) in [6.07, 6.45) is 2.89. The van der Waals surface area contributed by atoms with Crippen molar-refractivity contribution in [2.45, 2.75) is 63.3 Å². The van der Waals surface area contributed by atoms with Crippen molar-refractivity contribution in [3.63, 3.8) is 0 Å². The largest absolute Gasteiger partial charge is 0.394 e. The van der Waals surface area contributed by atoms with E-state index in [0.717, 1.165) is 24.8 Å². The molecular formula is C20H28N2O4. The molecular weight excluding hydrogens is 332 g/mol. The first-order valence-electron chi connectivity index (χ1n) is 9.47. The fourth-order valence-electron chi connectivity index (χ4n) is 3.43. The van der Waals surface area contributed by atoms with Gasteiger partial charge in [-0.3, -0.25) is 9.59 Å². The van der Waals surface area contributed by atoms with Gasteiger partial charge in [0.2, 0.25) is 11.8 Å². The summed E-state index contributed by atoms with van der Waals surface area (Å²) in [5, 5.41) is 15.6. The lowest BCUT2D eigenvalue weighted by Crippen LogP contribution is -2.51. The van der Waals surface area contributed by atoms with E-state index in [2.05, 4.69) is 10.6 Å². The predicted molar refractivity (Wildman–Crippen MR) is 97.3 cm³/mol. The van der Waals surface area contributed by atoms with Crippen LogP contribution in [0.5, 0.6) is 0 Å². The highest BCUT2D eigenvalue weighted by Crippen LogP contribution is 2.30. The molecule has 1 aromatic carbocycles. The van der Waals surface area contributed by atoms with Crippen molar-refractivity contribution in [1.82, 2.24) is 10.6 Å². The number of hydrogen-bond donors (Lipinski definition) is 3. The summed E-state index contributed by atoms with van der Waals surface area (Å²) in [5.41, 5.74) is 1.06. The quantitative estimate of drug-likeness (QED) is 0.690. The van der Waals surface area contributed by atoms with Crippen molar-refractivity contribution in [2.24, 2.45) is 5.92 Å². The summed E-state index contributed by atoms with van der Waals surface area (Å²) in [6.45, 7) is 1.79. The van der Waals surface area contributed by atoms with E-state index in [-0.39, 0.29) is 48.9 Å². The molecule has 2 aliphatic rings. The van der Waals surface area contributed by atoms with Gasteiger partial charge in [-0.15, -0.1) is 0 Å². The first kappa shape index (κ1) is 18.9. The molecule has 2 fully saturated rings. The summed E-state index contributed by atoms with van der Waals surface area (Å²) in [4.78, 5) is 24.3. The van der Waals surface area contributed by atoms with Gasteiger partial charge < -0.3 is 20.5 Å². The number of amides is 2. The van der Waals surface area contributed by atoms with Gasteiger partial charge in [0.25, 0.3) is 0 Å². The molecule has 1 saturated carbocycles. The Kier molecular flexibility index (Phi) is 6.27. The highest BCUT2D eigenvalue weighted by Gasteiger charge is 2.36. The van der Waals surface area contributed by atoms with Crippen molar-refractivity contribution in [2.75, 3.05) is 6.61 Å². The van der Waals surface area contributed by atoms with E-state index in [1.807, 2.05) is 37.3 Å². The van der Waals surface area contributed by atoms with Crippen molar-refractivity contribution in [1.29, 1.82) is 0 Å². The van der Waals surface area contributed by atoms with Gasteiger partial charge in [0.1, 0.15) is 6.10 Å². The number of rotatable bonds is 7. The van der Waals surface area contributed by atoms with Gasteiger partial charge in [0, 0.05) is 5.92 Å². The van der Waals surface area contributed by atoms with E-state index in [4.69, 9.17) is 4.74 Å². The first-order valence-corrected chi connectivity index (χ1v) is 9.47. The maximum Gasteiger partial charge on any atom is 0.223 e. The van der Waals surface area contributed by atoms with Crippen LogP contribution in [0.4, 0.5) is 0 Å². The zero-order valence-corrected chi connectivity index (χ0v) is 15.2. The number of hydrogen-bond acceptors (Lipinski definition) is 4. The molecule has 0 unspecified atom stereocenters. The third kappa shape index (κ3) is 5.05. The van der Waals surface area contributed by atoms with Crippen LogP contribution in [0.3, 0.4) is 0 Å². The minimum absolute atomic E-state index is 0.0601. The second-order valence-corrected chi connectivity index (χ2v) is 7.35. The normalized spacial score (nSPS) is 26.8. The Bertz CT molecular complexity index is 617. The lowest BCUT2D eigenvalue weighted by Gasteiger charge is -2.36. The second-order valence-electron chi connectivity index (χ2n) is 7.35. The predicted octanol–water partition coefficient (Wildman–Crippen LogP) is 1.69. The topological polar surface area (TPSA) is 87.7 Å². The number of nitrogens with one attached hydrogen (secondary N) is 2. The summed E-state index contributed by atoms with van der Waals surface area (Å²) in [6, 6.07) is 9.58. The Morgan fingerprint density at radius 1 is 1.19 bits per heavy atom.